The van der Waals surface area contributed by atoms with Crippen molar-refractivity contribution in [3.05, 3.63) is 52.9 Å². The van der Waals surface area contributed by atoms with E-state index in [0.717, 1.165) is 12.2 Å². The first-order valence-corrected chi connectivity index (χ1v) is 6.67. The summed E-state index contributed by atoms with van der Waals surface area (Å²) in [6.45, 7) is 3.02. The topological polar surface area (TPSA) is 66.9 Å². The third-order valence-electron chi connectivity index (χ3n) is 2.58. The molecule has 0 saturated carbocycles. The number of carbonyl (C=O) groups excluding carboxylic acids is 1. The number of nitrogens with zero attached hydrogens (tertiary/aromatic N) is 2. The highest BCUT2D eigenvalue weighted by atomic mass is 35.5. The van der Waals surface area contributed by atoms with E-state index in [-0.39, 0.29) is 11.6 Å². The molecule has 0 unspecified atom stereocenters. The average Bonchev–Trinajstić information content (AvgIpc) is 2.48. The van der Waals surface area contributed by atoms with Crippen LogP contribution in [0.5, 0.6) is 0 Å². The first kappa shape index (κ1) is 14.3. The van der Waals surface area contributed by atoms with Crippen LogP contribution in [0.3, 0.4) is 0 Å². The first-order chi connectivity index (χ1) is 9.70. The molecule has 0 spiro atoms. The normalized spacial score (nSPS) is 10.1. The Bertz CT molecular complexity index is 589. The maximum Gasteiger partial charge on any atom is 0.271 e. The second kappa shape index (κ2) is 6.86. The van der Waals surface area contributed by atoms with Gasteiger partial charge in [0.15, 0.2) is 0 Å². The van der Waals surface area contributed by atoms with Gasteiger partial charge in [-0.2, -0.15) is 0 Å². The molecule has 0 aromatic carbocycles. The van der Waals surface area contributed by atoms with Gasteiger partial charge in [0.1, 0.15) is 11.5 Å². The number of pyridine rings is 2. The molecule has 0 atom stereocenters. The number of hydrogen-bond acceptors (Lipinski definition) is 4. The standard InChI is InChI=1S/C14H15ClN4O/c1-2-16-12-7-6-11(15)13(19-12)14(20)18-9-10-5-3-4-8-17-10/h3-8H,2,9H2,1H3,(H,16,19)(H,18,20). The lowest BCUT2D eigenvalue weighted by Gasteiger charge is -2.08. The molecule has 2 aromatic heterocycles. The van der Waals surface area contributed by atoms with Crippen LogP contribution in [0.4, 0.5) is 5.82 Å². The lowest BCUT2D eigenvalue weighted by Crippen LogP contribution is -2.25. The van der Waals surface area contributed by atoms with Crippen molar-refractivity contribution >= 4 is 23.3 Å². The van der Waals surface area contributed by atoms with Gasteiger partial charge in [-0.3, -0.25) is 9.78 Å². The molecule has 20 heavy (non-hydrogen) atoms. The molecule has 6 heteroatoms. The summed E-state index contributed by atoms with van der Waals surface area (Å²) in [5, 5.41) is 6.12. The molecule has 1 amide bonds. The van der Waals surface area contributed by atoms with Crippen LogP contribution in [0.1, 0.15) is 23.1 Å². The van der Waals surface area contributed by atoms with E-state index in [0.29, 0.717) is 17.4 Å². The number of rotatable bonds is 5. The molecule has 0 radical (unpaired) electrons. The number of carbonyl (C=O) groups is 1. The minimum atomic E-state index is -0.319. The zero-order valence-electron chi connectivity index (χ0n) is 11.1. The zero-order valence-corrected chi connectivity index (χ0v) is 11.8. The summed E-state index contributed by atoms with van der Waals surface area (Å²) in [6, 6.07) is 8.92. The molecule has 0 saturated heterocycles. The van der Waals surface area contributed by atoms with Crippen LogP contribution >= 0.6 is 11.6 Å². The van der Waals surface area contributed by atoms with Gasteiger partial charge in [0.05, 0.1) is 17.3 Å². The molecule has 2 aromatic rings. The fourth-order valence-electron chi connectivity index (χ4n) is 1.64. The minimum absolute atomic E-state index is 0.209. The Kier molecular flexibility index (Phi) is 4.90. The number of hydrogen-bond donors (Lipinski definition) is 2. The van der Waals surface area contributed by atoms with Gasteiger partial charge in [-0.05, 0) is 31.2 Å². The smallest absolute Gasteiger partial charge is 0.271 e. The van der Waals surface area contributed by atoms with Crippen molar-refractivity contribution in [2.24, 2.45) is 0 Å². The molecule has 0 bridgehead atoms. The van der Waals surface area contributed by atoms with Gasteiger partial charge in [-0.15, -0.1) is 0 Å². The molecule has 5 nitrogen and oxygen atoms in total. The molecule has 0 aliphatic carbocycles. The van der Waals surface area contributed by atoms with Crippen molar-refractivity contribution < 1.29 is 4.79 Å². The lowest BCUT2D eigenvalue weighted by atomic mass is 10.3. The highest BCUT2D eigenvalue weighted by Gasteiger charge is 2.13. The van der Waals surface area contributed by atoms with E-state index in [2.05, 4.69) is 20.6 Å². The van der Waals surface area contributed by atoms with E-state index in [1.165, 1.54) is 0 Å². The van der Waals surface area contributed by atoms with Crippen LogP contribution in [-0.4, -0.2) is 22.4 Å². The maximum atomic E-state index is 12.1. The van der Waals surface area contributed by atoms with Crippen molar-refractivity contribution in [3.63, 3.8) is 0 Å². The summed E-state index contributed by atoms with van der Waals surface area (Å²) in [4.78, 5) is 20.4. The molecule has 2 rings (SSSR count). The van der Waals surface area contributed by atoms with Gasteiger partial charge in [-0.1, -0.05) is 17.7 Å². The van der Waals surface area contributed by atoms with Crippen LogP contribution < -0.4 is 10.6 Å². The molecule has 0 aliphatic heterocycles. The van der Waals surface area contributed by atoms with Crippen molar-refractivity contribution in [1.29, 1.82) is 0 Å². The summed E-state index contributed by atoms with van der Waals surface area (Å²) in [7, 11) is 0. The predicted octanol–water partition coefficient (Wildman–Crippen LogP) is 2.49. The lowest BCUT2D eigenvalue weighted by molar-refractivity contribution is 0.0945. The van der Waals surface area contributed by atoms with E-state index in [9.17, 15) is 4.79 Å². The van der Waals surface area contributed by atoms with Gasteiger partial charge < -0.3 is 10.6 Å². The number of amides is 1. The number of halogens is 1. The van der Waals surface area contributed by atoms with Gasteiger partial charge in [-0.25, -0.2) is 4.98 Å². The largest absolute Gasteiger partial charge is 0.370 e. The van der Waals surface area contributed by atoms with Crippen LogP contribution in [0.25, 0.3) is 0 Å². The van der Waals surface area contributed by atoms with Gasteiger partial charge in [0, 0.05) is 12.7 Å². The predicted molar refractivity (Wildman–Crippen MR) is 78.8 cm³/mol. The van der Waals surface area contributed by atoms with Crippen molar-refractivity contribution in [3.8, 4) is 0 Å². The van der Waals surface area contributed by atoms with Crippen LogP contribution in [0.2, 0.25) is 5.02 Å². The summed E-state index contributed by atoms with van der Waals surface area (Å²) in [5.41, 5.74) is 0.987. The monoisotopic (exact) mass is 290 g/mol. The van der Waals surface area contributed by atoms with E-state index in [1.807, 2.05) is 25.1 Å². The van der Waals surface area contributed by atoms with E-state index < -0.39 is 0 Å². The minimum Gasteiger partial charge on any atom is -0.370 e. The van der Waals surface area contributed by atoms with Crippen LogP contribution in [-0.2, 0) is 6.54 Å². The highest BCUT2D eigenvalue weighted by Crippen LogP contribution is 2.16. The van der Waals surface area contributed by atoms with Crippen LogP contribution in [0, 0.1) is 0 Å². The molecular weight excluding hydrogens is 276 g/mol. The fourth-order valence-corrected chi connectivity index (χ4v) is 1.83. The molecule has 2 N–H and O–H groups in total. The second-order valence-corrected chi connectivity index (χ2v) is 4.47. The second-order valence-electron chi connectivity index (χ2n) is 4.06. The number of aromatic nitrogens is 2. The van der Waals surface area contributed by atoms with E-state index in [1.54, 1.807) is 18.3 Å². The molecule has 2 heterocycles. The van der Waals surface area contributed by atoms with E-state index in [4.69, 9.17) is 11.6 Å². The van der Waals surface area contributed by atoms with E-state index >= 15 is 0 Å². The SMILES string of the molecule is CCNc1ccc(Cl)c(C(=O)NCc2ccccn2)n1. The first-order valence-electron chi connectivity index (χ1n) is 6.29. The number of anilines is 1. The highest BCUT2D eigenvalue weighted by molar-refractivity contribution is 6.33. The average molecular weight is 291 g/mol. The Labute approximate surface area is 122 Å². The van der Waals surface area contributed by atoms with Crippen molar-refractivity contribution in [2.45, 2.75) is 13.5 Å². The van der Waals surface area contributed by atoms with Crippen molar-refractivity contribution in [2.75, 3.05) is 11.9 Å². The Balaban J connectivity index is 2.06. The Morgan fingerprint density at radius 1 is 1.30 bits per heavy atom. The van der Waals surface area contributed by atoms with Gasteiger partial charge in [0.2, 0.25) is 0 Å². The molecule has 0 fully saturated rings. The maximum absolute atomic E-state index is 12.1. The third kappa shape index (κ3) is 3.68. The summed E-state index contributed by atoms with van der Waals surface area (Å²) < 4.78 is 0. The van der Waals surface area contributed by atoms with Crippen LogP contribution in [0.15, 0.2) is 36.5 Å². The fraction of sp³-hybridized carbons (Fsp3) is 0.214. The van der Waals surface area contributed by atoms with Gasteiger partial charge in [0.25, 0.3) is 5.91 Å². The third-order valence-corrected chi connectivity index (χ3v) is 2.88. The summed E-state index contributed by atoms with van der Waals surface area (Å²) >= 11 is 6.01. The van der Waals surface area contributed by atoms with Crippen molar-refractivity contribution in [1.82, 2.24) is 15.3 Å². The summed E-state index contributed by atoms with van der Waals surface area (Å²) in [6.07, 6.45) is 1.68. The molecular formula is C14H15ClN4O. The molecule has 0 aliphatic rings. The molecule has 104 valence electrons. The Morgan fingerprint density at radius 3 is 2.85 bits per heavy atom. The van der Waals surface area contributed by atoms with Gasteiger partial charge >= 0.3 is 0 Å². The quantitative estimate of drug-likeness (QED) is 0.888. The number of nitrogens with one attached hydrogen (secondary N) is 2. The zero-order chi connectivity index (χ0) is 14.4. The summed E-state index contributed by atoms with van der Waals surface area (Å²) in [5.74, 6) is 0.306. The Hall–Kier alpha value is -2.14. The Morgan fingerprint density at radius 2 is 2.15 bits per heavy atom.